The summed E-state index contributed by atoms with van der Waals surface area (Å²) in [5, 5.41) is 10.4. The number of nitro groups is 1. The molecule has 0 amide bonds. The molecular weight excluding hydrogens is 304 g/mol. The number of carbonyl (C=O) groups excluding carboxylic acids is 1. The van der Waals surface area contributed by atoms with Crippen LogP contribution in [0, 0.1) is 10.1 Å². The van der Waals surface area contributed by atoms with Gasteiger partial charge < -0.3 is 15.2 Å². The molecule has 9 nitrogen and oxygen atoms in total. The van der Waals surface area contributed by atoms with E-state index in [1.807, 2.05) is 0 Å². The summed E-state index contributed by atoms with van der Waals surface area (Å²) in [4.78, 5) is 21.1. The Kier molecular flexibility index (Phi) is 6.06. The summed E-state index contributed by atoms with van der Waals surface area (Å²) >= 11 is 0. The lowest BCUT2D eigenvalue weighted by molar-refractivity contribution is -0.384. The van der Waals surface area contributed by atoms with Crippen LogP contribution in [-0.4, -0.2) is 44.2 Å². The first-order chi connectivity index (χ1) is 9.84. The highest BCUT2D eigenvalue weighted by Gasteiger charge is 2.13. The number of non-ortho nitro benzene ring substituents is 1. The van der Waals surface area contributed by atoms with E-state index in [2.05, 4.69) is 4.74 Å². The molecule has 2 N–H and O–H groups in total. The van der Waals surface area contributed by atoms with Crippen molar-refractivity contribution in [1.29, 1.82) is 0 Å². The number of nitrogens with zero attached hydrogens (tertiary/aromatic N) is 1. The minimum atomic E-state index is -3.35. The number of nitrogens with two attached hydrogens (primary N) is 1. The van der Waals surface area contributed by atoms with Crippen LogP contribution in [0.5, 0.6) is 5.75 Å². The number of sulfone groups is 1. The summed E-state index contributed by atoms with van der Waals surface area (Å²) in [7, 11) is -3.35. The van der Waals surface area contributed by atoms with Gasteiger partial charge in [0.25, 0.3) is 5.69 Å². The standard InChI is InChI=1S/C11H14N2O7S/c12-5-7-21(17,18)8-6-19-11(14)20-10-3-1-9(2-4-10)13(15)16/h1-4H,5-8,12H2. The van der Waals surface area contributed by atoms with Gasteiger partial charge in [-0.15, -0.1) is 0 Å². The number of rotatable bonds is 7. The van der Waals surface area contributed by atoms with Gasteiger partial charge in [-0.2, -0.15) is 0 Å². The van der Waals surface area contributed by atoms with Crippen molar-refractivity contribution in [1.82, 2.24) is 0 Å². The van der Waals surface area contributed by atoms with E-state index in [-0.39, 0.29) is 36.1 Å². The second kappa shape index (κ2) is 7.55. The largest absolute Gasteiger partial charge is 0.513 e. The summed E-state index contributed by atoms with van der Waals surface area (Å²) in [6.45, 7) is -0.357. The molecular formula is C11H14N2O7S. The molecule has 10 heteroatoms. The normalized spacial score (nSPS) is 10.9. The Morgan fingerprint density at radius 1 is 1.24 bits per heavy atom. The molecule has 0 aliphatic carbocycles. The molecule has 0 heterocycles. The van der Waals surface area contributed by atoms with E-state index in [0.29, 0.717) is 0 Å². The predicted molar refractivity (Wildman–Crippen MR) is 72.8 cm³/mol. The molecule has 0 aliphatic rings. The first kappa shape index (κ1) is 16.9. The van der Waals surface area contributed by atoms with Gasteiger partial charge in [0.2, 0.25) is 0 Å². The molecule has 0 aliphatic heterocycles. The fourth-order valence-electron chi connectivity index (χ4n) is 1.30. The number of hydrogen-bond acceptors (Lipinski definition) is 8. The van der Waals surface area contributed by atoms with Crippen LogP contribution in [0.4, 0.5) is 10.5 Å². The number of ether oxygens (including phenoxy) is 2. The van der Waals surface area contributed by atoms with Crippen LogP contribution >= 0.6 is 0 Å². The van der Waals surface area contributed by atoms with Crippen molar-refractivity contribution in [3.05, 3.63) is 34.4 Å². The van der Waals surface area contributed by atoms with Crippen LogP contribution in [0.1, 0.15) is 0 Å². The third-order valence-corrected chi connectivity index (χ3v) is 3.94. The SMILES string of the molecule is NCCS(=O)(=O)CCOC(=O)Oc1ccc([N+](=O)[O-])cc1. The average Bonchev–Trinajstić information content (AvgIpc) is 2.38. The van der Waals surface area contributed by atoms with Crippen LogP contribution < -0.4 is 10.5 Å². The van der Waals surface area contributed by atoms with Gasteiger partial charge in [0.15, 0.2) is 9.84 Å². The van der Waals surface area contributed by atoms with Crippen molar-refractivity contribution < 1.29 is 27.6 Å². The maximum absolute atomic E-state index is 11.3. The van der Waals surface area contributed by atoms with Gasteiger partial charge in [0.1, 0.15) is 12.4 Å². The predicted octanol–water partition coefficient (Wildman–Crippen LogP) is 0.484. The molecule has 0 spiro atoms. The summed E-state index contributed by atoms with van der Waals surface area (Å²) in [5.74, 6) is -0.483. The zero-order valence-electron chi connectivity index (χ0n) is 10.9. The van der Waals surface area contributed by atoms with E-state index in [0.717, 1.165) is 12.1 Å². The molecule has 1 rings (SSSR count). The Hall–Kier alpha value is -2.20. The smallest absolute Gasteiger partial charge is 0.433 e. The molecule has 1 aromatic rings. The molecule has 0 fully saturated rings. The molecule has 0 aromatic heterocycles. The van der Waals surface area contributed by atoms with Gasteiger partial charge >= 0.3 is 6.16 Å². The summed E-state index contributed by atoms with van der Waals surface area (Å²) in [6, 6.07) is 4.78. The number of hydrogen-bond donors (Lipinski definition) is 1. The third-order valence-electron chi connectivity index (χ3n) is 2.29. The maximum atomic E-state index is 11.3. The highest BCUT2D eigenvalue weighted by Crippen LogP contribution is 2.17. The molecule has 0 unspecified atom stereocenters. The van der Waals surface area contributed by atoms with Gasteiger partial charge in [-0.3, -0.25) is 10.1 Å². The van der Waals surface area contributed by atoms with Crippen LogP contribution in [-0.2, 0) is 14.6 Å². The minimum absolute atomic E-state index is 0.00439. The molecule has 0 saturated carbocycles. The molecule has 0 bridgehead atoms. The lowest BCUT2D eigenvalue weighted by Gasteiger charge is -2.06. The lowest BCUT2D eigenvalue weighted by Crippen LogP contribution is -2.23. The highest BCUT2D eigenvalue weighted by molar-refractivity contribution is 7.91. The minimum Gasteiger partial charge on any atom is -0.433 e. The molecule has 21 heavy (non-hydrogen) atoms. The highest BCUT2D eigenvalue weighted by atomic mass is 32.2. The van der Waals surface area contributed by atoms with Gasteiger partial charge in [-0.25, -0.2) is 13.2 Å². The van der Waals surface area contributed by atoms with Crippen LogP contribution in [0.3, 0.4) is 0 Å². The second-order valence-corrected chi connectivity index (χ2v) is 6.20. The van der Waals surface area contributed by atoms with Gasteiger partial charge in [-0.1, -0.05) is 0 Å². The fraction of sp³-hybridized carbons (Fsp3) is 0.364. The summed E-state index contributed by atoms with van der Waals surface area (Å²) in [5.41, 5.74) is 4.97. The van der Waals surface area contributed by atoms with Crippen molar-refractivity contribution in [2.24, 2.45) is 5.73 Å². The van der Waals surface area contributed by atoms with Crippen molar-refractivity contribution in [2.75, 3.05) is 24.7 Å². The van der Waals surface area contributed by atoms with E-state index in [1.165, 1.54) is 12.1 Å². The summed E-state index contributed by atoms with van der Waals surface area (Å²) in [6.07, 6.45) is -1.09. The van der Waals surface area contributed by atoms with E-state index < -0.39 is 20.9 Å². The van der Waals surface area contributed by atoms with E-state index >= 15 is 0 Å². The molecule has 1 aromatic carbocycles. The van der Waals surface area contributed by atoms with Gasteiger partial charge in [0, 0.05) is 18.7 Å². The van der Waals surface area contributed by atoms with Crippen molar-refractivity contribution in [2.45, 2.75) is 0 Å². The zero-order valence-corrected chi connectivity index (χ0v) is 11.7. The number of nitro benzene ring substituents is 1. The second-order valence-electron chi connectivity index (χ2n) is 3.89. The van der Waals surface area contributed by atoms with E-state index in [4.69, 9.17) is 10.5 Å². The molecule has 0 atom stereocenters. The lowest BCUT2D eigenvalue weighted by atomic mass is 10.3. The zero-order chi connectivity index (χ0) is 15.9. The van der Waals surface area contributed by atoms with Crippen molar-refractivity contribution in [3.63, 3.8) is 0 Å². The van der Waals surface area contributed by atoms with Crippen LogP contribution in [0.25, 0.3) is 0 Å². The quantitative estimate of drug-likeness (QED) is 0.331. The number of carbonyl (C=O) groups is 1. The first-order valence-corrected chi connectivity index (χ1v) is 7.66. The fourth-order valence-corrected chi connectivity index (χ4v) is 2.20. The van der Waals surface area contributed by atoms with E-state index in [1.54, 1.807) is 0 Å². The Labute approximate surface area is 120 Å². The summed E-state index contributed by atoms with van der Waals surface area (Å²) < 4.78 is 31.9. The Balaban J connectivity index is 2.42. The van der Waals surface area contributed by atoms with Crippen LogP contribution in [0.15, 0.2) is 24.3 Å². The Morgan fingerprint density at radius 3 is 2.38 bits per heavy atom. The van der Waals surface area contributed by atoms with Gasteiger partial charge in [-0.05, 0) is 12.1 Å². The van der Waals surface area contributed by atoms with Gasteiger partial charge in [0.05, 0.1) is 16.4 Å². The average molecular weight is 318 g/mol. The third kappa shape index (κ3) is 6.19. The molecule has 0 radical (unpaired) electrons. The molecule has 116 valence electrons. The molecule has 0 saturated heterocycles. The monoisotopic (exact) mass is 318 g/mol. The van der Waals surface area contributed by atoms with Crippen molar-refractivity contribution >= 4 is 21.7 Å². The maximum Gasteiger partial charge on any atom is 0.513 e. The Morgan fingerprint density at radius 2 is 1.86 bits per heavy atom. The Bertz CT molecular complexity index is 598. The topological polar surface area (TPSA) is 139 Å². The van der Waals surface area contributed by atoms with Crippen molar-refractivity contribution in [3.8, 4) is 5.75 Å². The number of benzene rings is 1. The van der Waals surface area contributed by atoms with Crippen LogP contribution in [0.2, 0.25) is 0 Å². The first-order valence-electron chi connectivity index (χ1n) is 5.83. The van der Waals surface area contributed by atoms with E-state index in [9.17, 15) is 23.3 Å².